The van der Waals surface area contributed by atoms with Crippen molar-refractivity contribution in [1.82, 2.24) is 4.57 Å². The van der Waals surface area contributed by atoms with Gasteiger partial charge >= 0.3 is 0 Å². The van der Waals surface area contributed by atoms with E-state index >= 15 is 0 Å². The lowest BCUT2D eigenvalue weighted by atomic mass is 9.83. The number of nitrogens with zero attached hydrogens (tertiary/aromatic N) is 2. The molecule has 0 saturated carbocycles. The Balaban J connectivity index is 1.55. The highest BCUT2D eigenvalue weighted by atomic mass is 79.9. The molecule has 0 spiro atoms. The molecule has 3 aromatic carbocycles. The number of hydrogen-bond donors (Lipinski definition) is 0. The van der Waals surface area contributed by atoms with Crippen molar-refractivity contribution in [2.75, 3.05) is 20.8 Å². The lowest BCUT2D eigenvalue weighted by molar-refractivity contribution is 0.354. The molecule has 4 aromatic rings. The van der Waals surface area contributed by atoms with Gasteiger partial charge in [-0.2, -0.15) is 0 Å². The van der Waals surface area contributed by atoms with Crippen LogP contribution in [0.5, 0.6) is 17.2 Å². The molecular formula is C32H27BrN2O4S. The van der Waals surface area contributed by atoms with Gasteiger partial charge in [0.05, 0.1) is 35.0 Å². The monoisotopic (exact) mass is 614 g/mol. The Morgan fingerprint density at radius 1 is 1.05 bits per heavy atom. The maximum absolute atomic E-state index is 14.0. The third-order valence-electron chi connectivity index (χ3n) is 7.21. The van der Waals surface area contributed by atoms with Gasteiger partial charge in [-0.15, -0.1) is 0 Å². The largest absolute Gasteiger partial charge is 0.493 e. The standard InChI is InChI=1S/C32H27BrN2O4S/c1-4-15-39-25-13-9-19(16-24(25)33)17-28-31(36)35-30(21-11-14-26(37-2)27(18-21)38-3)23-12-10-20-7-5-6-8-22(20)29(23)34-32(35)40-28/h4-9,11,13-14,16-18,30H,1,10,12,15H2,2-3H3. The molecule has 1 aliphatic heterocycles. The van der Waals surface area contributed by atoms with Crippen LogP contribution < -0.4 is 29.1 Å². The van der Waals surface area contributed by atoms with Crippen LogP contribution in [0.4, 0.5) is 0 Å². The van der Waals surface area contributed by atoms with Gasteiger partial charge < -0.3 is 14.2 Å². The van der Waals surface area contributed by atoms with Crippen molar-refractivity contribution >= 4 is 39.0 Å². The number of fused-ring (bicyclic) bond motifs is 3. The van der Waals surface area contributed by atoms with Crippen LogP contribution in [0.2, 0.25) is 0 Å². The summed E-state index contributed by atoms with van der Waals surface area (Å²) in [5.74, 6) is 1.99. The molecule has 2 aliphatic rings. The quantitative estimate of drug-likeness (QED) is 0.252. The summed E-state index contributed by atoms with van der Waals surface area (Å²) in [6.07, 6.45) is 5.33. The minimum Gasteiger partial charge on any atom is -0.493 e. The normalized spacial score (nSPS) is 16.0. The number of halogens is 1. The molecule has 0 amide bonds. The first-order chi connectivity index (χ1) is 19.5. The second-order valence-electron chi connectivity index (χ2n) is 9.52. The number of aryl methyl sites for hydroxylation is 1. The van der Waals surface area contributed by atoms with Crippen LogP contribution in [0.25, 0.3) is 11.8 Å². The Morgan fingerprint density at radius 3 is 2.62 bits per heavy atom. The number of rotatable bonds is 7. The third kappa shape index (κ3) is 4.61. The lowest BCUT2D eigenvalue weighted by Crippen LogP contribution is -2.38. The summed E-state index contributed by atoms with van der Waals surface area (Å²) < 4.78 is 20.1. The number of hydrogen-bond acceptors (Lipinski definition) is 6. The summed E-state index contributed by atoms with van der Waals surface area (Å²) in [5.41, 5.74) is 6.28. The van der Waals surface area contributed by atoms with E-state index in [0.717, 1.165) is 51.0 Å². The van der Waals surface area contributed by atoms with Gasteiger partial charge in [-0.25, -0.2) is 4.99 Å². The van der Waals surface area contributed by atoms with Crippen LogP contribution in [-0.2, 0) is 6.42 Å². The number of methoxy groups -OCH3 is 2. The minimum atomic E-state index is -0.303. The molecule has 0 bridgehead atoms. The summed E-state index contributed by atoms with van der Waals surface area (Å²) in [5, 5.41) is 0. The van der Waals surface area contributed by atoms with Gasteiger partial charge in [0.25, 0.3) is 5.56 Å². The number of ether oxygens (including phenoxy) is 3. The van der Waals surface area contributed by atoms with Crippen LogP contribution in [0.3, 0.4) is 0 Å². The van der Waals surface area contributed by atoms with Crippen molar-refractivity contribution in [2.24, 2.45) is 4.99 Å². The Kier molecular flexibility index (Phi) is 7.21. The number of aromatic nitrogens is 1. The first-order valence-corrected chi connectivity index (χ1v) is 14.5. The first-order valence-electron chi connectivity index (χ1n) is 12.9. The summed E-state index contributed by atoms with van der Waals surface area (Å²) in [6.45, 7) is 4.12. The van der Waals surface area contributed by atoms with Crippen LogP contribution >= 0.6 is 27.3 Å². The summed E-state index contributed by atoms with van der Waals surface area (Å²) in [4.78, 5) is 19.8. The van der Waals surface area contributed by atoms with Crippen molar-refractivity contribution in [2.45, 2.75) is 18.9 Å². The first kappa shape index (κ1) is 26.3. The maximum Gasteiger partial charge on any atom is 0.271 e. The van der Waals surface area contributed by atoms with E-state index in [1.54, 1.807) is 20.3 Å². The highest BCUT2D eigenvalue weighted by molar-refractivity contribution is 9.10. The smallest absolute Gasteiger partial charge is 0.271 e. The number of allylic oxidation sites excluding steroid dienone is 1. The number of benzene rings is 3. The van der Waals surface area contributed by atoms with Gasteiger partial charge in [-0.05, 0) is 81.4 Å². The molecule has 1 unspecified atom stereocenters. The number of thiazole rings is 1. The fourth-order valence-corrected chi connectivity index (χ4v) is 6.88. The molecule has 1 aromatic heterocycles. The summed E-state index contributed by atoms with van der Waals surface area (Å²) in [7, 11) is 3.25. The lowest BCUT2D eigenvalue weighted by Gasteiger charge is -2.31. The molecule has 0 saturated heterocycles. The molecule has 0 fully saturated rings. The van der Waals surface area contributed by atoms with Crippen LogP contribution in [0, 0.1) is 0 Å². The van der Waals surface area contributed by atoms with E-state index in [1.165, 1.54) is 16.9 Å². The summed E-state index contributed by atoms with van der Waals surface area (Å²) in [6, 6.07) is 19.8. The van der Waals surface area contributed by atoms with Crippen molar-refractivity contribution in [3.63, 3.8) is 0 Å². The average molecular weight is 616 g/mol. The van der Waals surface area contributed by atoms with Crippen LogP contribution in [0.1, 0.15) is 34.7 Å². The maximum atomic E-state index is 14.0. The Bertz CT molecular complexity index is 1850. The molecule has 0 N–H and O–H groups in total. The average Bonchev–Trinajstić information content (AvgIpc) is 3.29. The zero-order chi connectivity index (χ0) is 27.8. The van der Waals surface area contributed by atoms with Crippen molar-refractivity contribution in [1.29, 1.82) is 0 Å². The van der Waals surface area contributed by atoms with E-state index < -0.39 is 0 Å². The predicted octanol–water partition coefficient (Wildman–Crippen LogP) is 5.66. The van der Waals surface area contributed by atoms with Gasteiger partial charge in [0.1, 0.15) is 12.4 Å². The molecule has 1 aliphatic carbocycles. The Labute approximate surface area is 244 Å². The molecule has 8 heteroatoms. The Morgan fingerprint density at radius 2 is 1.85 bits per heavy atom. The van der Waals surface area contributed by atoms with Crippen molar-refractivity contribution < 1.29 is 14.2 Å². The summed E-state index contributed by atoms with van der Waals surface area (Å²) >= 11 is 4.99. The molecular weight excluding hydrogens is 588 g/mol. The highest BCUT2D eigenvalue weighted by Crippen LogP contribution is 2.42. The third-order valence-corrected chi connectivity index (χ3v) is 8.81. The molecule has 2 heterocycles. The molecule has 202 valence electrons. The van der Waals surface area contributed by atoms with E-state index in [2.05, 4.69) is 40.7 Å². The molecule has 6 nitrogen and oxygen atoms in total. The van der Waals surface area contributed by atoms with Crippen molar-refractivity contribution in [3.05, 3.63) is 125 Å². The topological polar surface area (TPSA) is 62.0 Å². The van der Waals surface area contributed by atoms with Gasteiger partial charge in [-0.1, -0.05) is 60.4 Å². The van der Waals surface area contributed by atoms with E-state index in [0.29, 0.717) is 27.4 Å². The minimum absolute atomic E-state index is 0.0722. The van der Waals surface area contributed by atoms with Gasteiger partial charge in [0.2, 0.25) is 0 Å². The van der Waals surface area contributed by atoms with Crippen LogP contribution in [0.15, 0.2) is 93.2 Å². The predicted molar refractivity (Wildman–Crippen MR) is 162 cm³/mol. The molecule has 40 heavy (non-hydrogen) atoms. The van der Waals surface area contributed by atoms with Gasteiger partial charge in [-0.3, -0.25) is 9.36 Å². The molecule has 0 radical (unpaired) electrons. The van der Waals surface area contributed by atoms with Crippen LogP contribution in [-0.4, -0.2) is 25.4 Å². The zero-order valence-corrected chi connectivity index (χ0v) is 24.6. The Hall–Kier alpha value is -3.88. The van der Waals surface area contributed by atoms with E-state index in [1.807, 2.05) is 53.1 Å². The van der Waals surface area contributed by atoms with E-state index in [9.17, 15) is 4.79 Å². The van der Waals surface area contributed by atoms with Gasteiger partial charge in [0.15, 0.2) is 16.3 Å². The zero-order valence-electron chi connectivity index (χ0n) is 22.1. The second-order valence-corrected chi connectivity index (χ2v) is 11.4. The second kappa shape index (κ2) is 10.9. The fraction of sp³-hybridized carbons (Fsp3) is 0.188. The van der Waals surface area contributed by atoms with Gasteiger partial charge in [0, 0.05) is 5.56 Å². The van der Waals surface area contributed by atoms with E-state index in [-0.39, 0.29) is 11.6 Å². The molecule has 1 atom stereocenters. The van der Waals surface area contributed by atoms with Crippen molar-refractivity contribution in [3.8, 4) is 17.2 Å². The SMILES string of the molecule is C=CCOc1ccc(C=c2sc3n(c2=O)C(c2ccc(OC)c(OC)c2)C2=C(N=3)c3ccccc3CC2)cc1Br. The highest BCUT2D eigenvalue weighted by Gasteiger charge is 2.33. The van der Waals surface area contributed by atoms with E-state index in [4.69, 9.17) is 19.2 Å². The molecule has 6 rings (SSSR count). The fourth-order valence-electron chi connectivity index (χ4n) is 5.37.